The van der Waals surface area contributed by atoms with Crippen LogP contribution < -0.4 is 5.73 Å². The van der Waals surface area contributed by atoms with Gasteiger partial charge in [0.1, 0.15) is 17.2 Å². The largest absolute Gasteiger partial charge is 0.384 e. The van der Waals surface area contributed by atoms with Gasteiger partial charge in [0.2, 0.25) is 0 Å². The van der Waals surface area contributed by atoms with Crippen LogP contribution in [0.2, 0.25) is 0 Å². The van der Waals surface area contributed by atoms with Gasteiger partial charge in [-0.25, -0.2) is 4.68 Å². The molecule has 0 saturated carbocycles. The molecule has 3 aromatic rings. The molecule has 0 fully saturated rings. The third kappa shape index (κ3) is 4.46. The molecule has 1 heterocycles. The van der Waals surface area contributed by atoms with Crippen LogP contribution in [-0.2, 0) is 5.54 Å². The van der Waals surface area contributed by atoms with E-state index >= 15 is 0 Å². The fourth-order valence-corrected chi connectivity index (χ4v) is 3.43. The number of aryl methyl sites for hydroxylation is 1. The van der Waals surface area contributed by atoms with E-state index in [0.29, 0.717) is 5.82 Å². The van der Waals surface area contributed by atoms with E-state index in [1.165, 1.54) is 0 Å². The maximum Gasteiger partial charge on any atom is 0.131 e. The minimum atomic E-state index is -0.564. The van der Waals surface area contributed by atoms with Gasteiger partial charge in [-0.3, -0.25) is 4.99 Å². The zero-order chi connectivity index (χ0) is 21.9. The molecular formula is C25H31N5. The predicted molar refractivity (Wildman–Crippen MR) is 127 cm³/mol. The van der Waals surface area contributed by atoms with E-state index in [0.717, 1.165) is 33.9 Å². The van der Waals surface area contributed by atoms with Crippen molar-refractivity contribution < 1.29 is 0 Å². The normalized spacial score (nSPS) is 12.9. The van der Waals surface area contributed by atoms with Gasteiger partial charge < -0.3 is 10.6 Å². The second kappa shape index (κ2) is 8.57. The van der Waals surface area contributed by atoms with Crippen molar-refractivity contribution in [2.75, 3.05) is 19.8 Å². The van der Waals surface area contributed by atoms with Gasteiger partial charge in [0.15, 0.2) is 0 Å². The molecule has 5 nitrogen and oxygen atoms in total. The Labute approximate surface area is 179 Å². The lowest BCUT2D eigenvalue weighted by Crippen LogP contribution is -2.28. The lowest BCUT2D eigenvalue weighted by atomic mass is 9.99. The first-order valence-corrected chi connectivity index (χ1v) is 10.2. The quantitative estimate of drug-likeness (QED) is 0.480. The van der Waals surface area contributed by atoms with Gasteiger partial charge in [-0.15, -0.1) is 0 Å². The molecule has 3 rings (SSSR count). The molecule has 2 N–H and O–H groups in total. The number of aliphatic imine (C=N–C) groups is 1. The second-order valence-electron chi connectivity index (χ2n) is 8.16. The molecule has 0 aliphatic rings. The molecule has 30 heavy (non-hydrogen) atoms. The highest BCUT2D eigenvalue weighted by molar-refractivity contribution is 6.22. The minimum Gasteiger partial charge on any atom is -0.384 e. The number of likely N-dealkylation sites (N-methyl/N-ethyl adjacent to an activating group) is 1. The van der Waals surface area contributed by atoms with Crippen LogP contribution in [0.1, 0.15) is 37.6 Å². The molecule has 0 amide bonds. The summed E-state index contributed by atoms with van der Waals surface area (Å²) in [5, 5.41) is 4.81. The van der Waals surface area contributed by atoms with Crippen molar-refractivity contribution in [3.8, 4) is 5.69 Å². The maximum atomic E-state index is 6.32. The lowest BCUT2D eigenvalue weighted by Gasteiger charge is -2.25. The van der Waals surface area contributed by atoms with E-state index < -0.39 is 5.54 Å². The Kier molecular flexibility index (Phi) is 6.11. The zero-order valence-corrected chi connectivity index (χ0v) is 18.7. The summed E-state index contributed by atoms with van der Waals surface area (Å²) in [5.74, 6) is 1.50. The Morgan fingerprint density at radius 2 is 1.77 bits per heavy atom. The molecule has 0 aliphatic carbocycles. The molecule has 0 unspecified atom stereocenters. The number of rotatable bonds is 5. The van der Waals surface area contributed by atoms with E-state index in [-0.39, 0.29) is 0 Å². The number of benzene rings is 2. The SMILES string of the molecule is C/C=C(\C(=NC(C)(C)c1cc(N)n(-c2cccc(C)c2)n1)N(C)C)c1ccccc1. The zero-order valence-electron chi connectivity index (χ0n) is 18.7. The number of amidine groups is 1. The van der Waals surface area contributed by atoms with E-state index in [1.54, 1.807) is 4.68 Å². The Bertz CT molecular complexity index is 1070. The van der Waals surface area contributed by atoms with Crippen LogP contribution >= 0.6 is 0 Å². The number of allylic oxidation sites excluding steroid dienone is 1. The average molecular weight is 402 g/mol. The van der Waals surface area contributed by atoms with Gasteiger partial charge in [-0.1, -0.05) is 48.5 Å². The molecule has 0 atom stereocenters. The van der Waals surface area contributed by atoms with Gasteiger partial charge in [0, 0.05) is 25.7 Å². The third-order valence-corrected chi connectivity index (χ3v) is 5.03. The number of anilines is 1. The van der Waals surface area contributed by atoms with Gasteiger partial charge in [-0.2, -0.15) is 5.10 Å². The lowest BCUT2D eigenvalue weighted by molar-refractivity contribution is 0.513. The molecule has 0 aliphatic heterocycles. The number of hydrogen-bond acceptors (Lipinski definition) is 3. The topological polar surface area (TPSA) is 59.4 Å². The first-order chi connectivity index (χ1) is 14.2. The summed E-state index contributed by atoms with van der Waals surface area (Å²) < 4.78 is 1.78. The van der Waals surface area contributed by atoms with E-state index in [1.807, 2.05) is 62.3 Å². The molecule has 0 spiro atoms. The molecule has 5 heteroatoms. The second-order valence-corrected chi connectivity index (χ2v) is 8.16. The summed E-state index contributed by atoms with van der Waals surface area (Å²) in [4.78, 5) is 7.18. The van der Waals surface area contributed by atoms with Crippen molar-refractivity contribution in [2.24, 2.45) is 4.99 Å². The first kappa shape index (κ1) is 21.4. The molecule has 156 valence electrons. The van der Waals surface area contributed by atoms with Crippen molar-refractivity contribution in [1.29, 1.82) is 0 Å². The number of aromatic nitrogens is 2. The summed E-state index contributed by atoms with van der Waals surface area (Å²) in [6, 6.07) is 20.4. The van der Waals surface area contributed by atoms with Gasteiger partial charge in [0.05, 0.1) is 11.4 Å². The van der Waals surface area contributed by atoms with Crippen LogP contribution in [0.15, 0.2) is 71.7 Å². The van der Waals surface area contributed by atoms with Crippen molar-refractivity contribution in [1.82, 2.24) is 14.7 Å². The summed E-state index contributed by atoms with van der Waals surface area (Å²) >= 11 is 0. The highest BCUT2D eigenvalue weighted by Gasteiger charge is 2.27. The van der Waals surface area contributed by atoms with Crippen molar-refractivity contribution in [3.63, 3.8) is 0 Å². The maximum absolute atomic E-state index is 6.32. The molecule has 0 bridgehead atoms. The first-order valence-electron chi connectivity index (χ1n) is 10.2. The molecule has 1 aromatic heterocycles. The van der Waals surface area contributed by atoms with Crippen LogP contribution in [0.4, 0.5) is 5.82 Å². The monoisotopic (exact) mass is 401 g/mol. The van der Waals surface area contributed by atoms with Gasteiger partial charge in [0.25, 0.3) is 0 Å². The summed E-state index contributed by atoms with van der Waals surface area (Å²) in [7, 11) is 4.03. The van der Waals surface area contributed by atoms with Crippen LogP contribution in [0.5, 0.6) is 0 Å². The number of hydrogen-bond donors (Lipinski definition) is 1. The average Bonchev–Trinajstić information content (AvgIpc) is 3.11. The standard InChI is InChI=1S/C25H31N5/c1-7-21(19-13-9-8-10-14-19)24(29(5)6)27-25(3,4)22-17-23(26)30(28-22)20-15-11-12-18(2)16-20/h7-17H,26H2,1-6H3/b21-7-,27-24?. The Balaban J connectivity index is 2.05. The summed E-state index contributed by atoms with van der Waals surface area (Å²) in [5.41, 5.74) is 10.9. The Morgan fingerprint density at radius 3 is 2.37 bits per heavy atom. The highest BCUT2D eigenvalue weighted by Crippen LogP contribution is 2.29. The fourth-order valence-electron chi connectivity index (χ4n) is 3.43. The molecule has 0 saturated heterocycles. The van der Waals surface area contributed by atoms with E-state index in [2.05, 4.69) is 51.1 Å². The molecule has 0 radical (unpaired) electrons. The van der Waals surface area contributed by atoms with Crippen molar-refractivity contribution in [2.45, 2.75) is 33.2 Å². The van der Waals surface area contributed by atoms with E-state index in [9.17, 15) is 0 Å². The third-order valence-electron chi connectivity index (χ3n) is 5.03. The van der Waals surface area contributed by atoms with Crippen LogP contribution in [0.25, 0.3) is 11.3 Å². The van der Waals surface area contributed by atoms with E-state index in [4.69, 9.17) is 15.8 Å². The summed E-state index contributed by atoms with van der Waals surface area (Å²) in [6.07, 6.45) is 2.10. The van der Waals surface area contributed by atoms with Crippen LogP contribution in [0.3, 0.4) is 0 Å². The van der Waals surface area contributed by atoms with Crippen molar-refractivity contribution >= 4 is 17.2 Å². The fraction of sp³-hybridized carbons (Fsp3) is 0.280. The van der Waals surface area contributed by atoms with Crippen molar-refractivity contribution in [3.05, 3.63) is 83.6 Å². The van der Waals surface area contributed by atoms with Crippen LogP contribution in [-0.4, -0.2) is 34.6 Å². The summed E-state index contributed by atoms with van der Waals surface area (Å²) in [6.45, 7) is 8.23. The van der Waals surface area contributed by atoms with Gasteiger partial charge in [-0.05, 0) is 51.0 Å². The number of nitrogen functional groups attached to an aromatic ring is 1. The number of nitrogens with zero attached hydrogens (tertiary/aromatic N) is 4. The highest BCUT2D eigenvalue weighted by atomic mass is 15.3. The van der Waals surface area contributed by atoms with Gasteiger partial charge >= 0.3 is 0 Å². The Hall–Kier alpha value is -3.34. The Morgan fingerprint density at radius 1 is 1.07 bits per heavy atom. The van der Waals surface area contributed by atoms with Crippen LogP contribution in [0, 0.1) is 6.92 Å². The molecular weight excluding hydrogens is 370 g/mol. The smallest absolute Gasteiger partial charge is 0.131 e. The number of nitrogens with two attached hydrogens (primary N) is 1. The minimum absolute atomic E-state index is 0.564. The molecule has 2 aromatic carbocycles. The predicted octanol–water partition coefficient (Wildman–Crippen LogP) is 5.06.